The highest BCUT2D eigenvalue weighted by atomic mass is 19.1. The molecule has 0 bridgehead atoms. The summed E-state index contributed by atoms with van der Waals surface area (Å²) < 4.78 is 14.5. The van der Waals surface area contributed by atoms with Gasteiger partial charge in [0.15, 0.2) is 0 Å². The van der Waals surface area contributed by atoms with Crippen LogP contribution in [0.15, 0.2) is 0 Å². The molecule has 2 saturated carbocycles. The summed E-state index contributed by atoms with van der Waals surface area (Å²) in [7, 11) is 0. The Morgan fingerprint density at radius 2 is 1.71 bits per heavy atom. The highest BCUT2D eigenvalue weighted by molar-refractivity contribution is 4.89. The van der Waals surface area contributed by atoms with Gasteiger partial charge < -0.3 is 0 Å². The maximum atomic E-state index is 14.5. The molecule has 0 spiro atoms. The Morgan fingerprint density at radius 3 is 2.24 bits per heavy atom. The van der Waals surface area contributed by atoms with Crippen molar-refractivity contribution in [2.24, 2.45) is 23.7 Å². The van der Waals surface area contributed by atoms with Crippen LogP contribution in [0.4, 0.5) is 4.39 Å². The van der Waals surface area contributed by atoms with Gasteiger partial charge in [-0.1, -0.05) is 46.0 Å². The fourth-order valence-electron chi connectivity index (χ4n) is 4.69. The summed E-state index contributed by atoms with van der Waals surface area (Å²) in [6.45, 7) is 4.39. The number of hydrogen-bond acceptors (Lipinski definition) is 2. The van der Waals surface area contributed by atoms with E-state index in [0.717, 1.165) is 38.0 Å². The van der Waals surface area contributed by atoms with Crippen molar-refractivity contribution >= 4 is 0 Å². The van der Waals surface area contributed by atoms with E-state index in [1.807, 2.05) is 0 Å². The fourth-order valence-corrected chi connectivity index (χ4v) is 4.69. The van der Waals surface area contributed by atoms with Gasteiger partial charge in [-0.3, -0.25) is 5.26 Å². The van der Waals surface area contributed by atoms with E-state index in [2.05, 4.69) is 13.8 Å². The van der Waals surface area contributed by atoms with Crippen molar-refractivity contribution in [3.63, 3.8) is 0 Å². The predicted octanol–water partition coefficient (Wildman–Crippen LogP) is 5.62. The van der Waals surface area contributed by atoms with Gasteiger partial charge in [0, 0.05) is 5.92 Å². The smallest absolute Gasteiger partial charge is 0.106 e. The second-order valence-electron chi connectivity index (χ2n) is 7.41. The average molecular weight is 300 g/mol. The summed E-state index contributed by atoms with van der Waals surface area (Å²) in [6, 6.07) is 0. The minimum atomic E-state index is -0.797. The minimum absolute atomic E-state index is 0.0921. The Morgan fingerprint density at radius 1 is 1.05 bits per heavy atom. The zero-order chi connectivity index (χ0) is 15.2. The van der Waals surface area contributed by atoms with E-state index in [-0.39, 0.29) is 12.0 Å². The van der Waals surface area contributed by atoms with Gasteiger partial charge in [-0.25, -0.2) is 9.28 Å². The molecule has 2 nitrogen and oxygen atoms in total. The third-order valence-electron chi connectivity index (χ3n) is 6.11. The van der Waals surface area contributed by atoms with Crippen molar-refractivity contribution in [2.75, 3.05) is 0 Å². The van der Waals surface area contributed by atoms with Crippen molar-refractivity contribution in [2.45, 2.75) is 90.3 Å². The SMILES string of the molecule is CCCC1CCC(C(OO)C2CCC(CC)CC2F)CC1. The predicted molar refractivity (Wildman–Crippen MR) is 83.9 cm³/mol. The quantitative estimate of drug-likeness (QED) is 0.510. The first-order valence-electron chi connectivity index (χ1n) is 9.13. The number of halogens is 1. The lowest BCUT2D eigenvalue weighted by molar-refractivity contribution is -0.310. The third kappa shape index (κ3) is 4.41. The van der Waals surface area contributed by atoms with E-state index >= 15 is 0 Å². The van der Waals surface area contributed by atoms with E-state index in [4.69, 9.17) is 4.89 Å². The summed E-state index contributed by atoms with van der Waals surface area (Å²) in [5.41, 5.74) is 0. The number of hydrogen-bond donors (Lipinski definition) is 1. The molecule has 2 fully saturated rings. The minimum Gasteiger partial charge on any atom is -0.252 e. The van der Waals surface area contributed by atoms with Crippen LogP contribution in [0.2, 0.25) is 0 Å². The first kappa shape index (κ1) is 17.2. The molecule has 0 amide bonds. The molecular formula is C18H33FO2. The molecule has 2 aliphatic rings. The molecule has 0 heterocycles. The summed E-state index contributed by atoms with van der Waals surface area (Å²) in [4.78, 5) is 4.82. The second-order valence-corrected chi connectivity index (χ2v) is 7.41. The van der Waals surface area contributed by atoms with Gasteiger partial charge in [-0.15, -0.1) is 0 Å². The summed E-state index contributed by atoms with van der Waals surface area (Å²) in [6.07, 6.45) is 9.81. The van der Waals surface area contributed by atoms with Gasteiger partial charge in [-0.2, -0.15) is 0 Å². The zero-order valence-electron chi connectivity index (χ0n) is 13.8. The molecule has 2 rings (SSSR count). The van der Waals surface area contributed by atoms with Crippen LogP contribution in [0.5, 0.6) is 0 Å². The lowest BCUT2D eigenvalue weighted by Gasteiger charge is -2.40. The molecule has 1 N–H and O–H groups in total. The molecule has 0 saturated heterocycles. The molecule has 2 aliphatic carbocycles. The van der Waals surface area contributed by atoms with Gasteiger partial charge in [0.05, 0.1) is 0 Å². The zero-order valence-corrected chi connectivity index (χ0v) is 13.8. The standard InChI is InChI=1S/C18H33FO2/c1-3-5-14-6-9-15(10-7-14)18(21-20)16-11-8-13(4-2)12-17(16)19/h13-18,20H,3-12H2,1-2H3. The van der Waals surface area contributed by atoms with Gasteiger partial charge >= 0.3 is 0 Å². The molecule has 124 valence electrons. The van der Waals surface area contributed by atoms with E-state index in [9.17, 15) is 9.65 Å². The van der Waals surface area contributed by atoms with Crippen LogP contribution < -0.4 is 0 Å². The maximum absolute atomic E-state index is 14.5. The second kappa shape index (κ2) is 8.47. The summed E-state index contributed by atoms with van der Waals surface area (Å²) in [5.74, 6) is 1.62. The number of rotatable bonds is 6. The van der Waals surface area contributed by atoms with Crippen molar-refractivity contribution in [1.82, 2.24) is 0 Å². The lowest BCUT2D eigenvalue weighted by Crippen LogP contribution is -2.41. The van der Waals surface area contributed by atoms with E-state index < -0.39 is 6.17 Å². The van der Waals surface area contributed by atoms with Gasteiger partial charge in [-0.05, 0) is 49.9 Å². The van der Waals surface area contributed by atoms with Crippen LogP contribution in [0, 0.1) is 23.7 Å². The van der Waals surface area contributed by atoms with Crippen LogP contribution in [0.1, 0.15) is 78.1 Å². The maximum Gasteiger partial charge on any atom is 0.106 e. The van der Waals surface area contributed by atoms with E-state index in [1.165, 1.54) is 25.7 Å². The van der Waals surface area contributed by atoms with Crippen molar-refractivity contribution in [1.29, 1.82) is 0 Å². The van der Waals surface area contributed by atoms with Crippen LogP contribution in [0.3, 0.4) is 0 Å². The molecule has 3 heteroatoms. The Bertz CT molecular complexity index is 289. The average Bonchev–Trinajstić information content (AvgIpc) is 2.51. The van der Waals surface area contributed by atoms with Crippen molar-refractivity contribution in [3.8, 4) is 0 Å². The summed E-state index contributed by atoms with van der Waals surface area (Å²) in [5, 5.41) is 9.37. The first-order chi connectivity index (χ1) is 10.2. The Kier molecular flexibility index (Phi) is 6.94. The van der Waals surface area contributed by atoms with E-state index in [1.54, 1.807) is 0 Å². The van der Waals surface area contributed by atoms with Gasteiger partial charge in [0.25, 0.3) is 0 Å². The van der Waals surface area contributed by atoms with E-state index in [0.29, 0.717) is 18.3 Å². The molecule has 0 radical (unpaired) electrons. The van der Waals surface area contributed by atoms with Crippen molar-refractivity contribution < 1.29 is 14.5 Å². The normalized spacial score (nSPS) is 39.1. The van der Waals surface area contributed by atoms with Crippen LogP contribution in [-0.4, -0.2) is 17.5 Å². The Balaban J connectivity index is 1.88. The molecule has 4 atom stereocenters. The summed E-state index contributed by atoms with van der Waals surface area (Å²) >= 11 is 0. The first-order valence-corrected chi connectivity index (χ1v) is 9.13. The lowest BCUT2D eigenvalue weighted by atomic mass is 9.70. The molecule has 21 heavy (non-hydrogen) atoms. The van der Waals surface area contributed by atoms with Gasteiger partial charge in [0.2, 0.25) is 0 Å². The highest BCUT2D eigenvalue weighted by Crippen LogP contribution is 2.42. The highest BCUT2D eigenvalue weighted by Gasteiger charge is 2.40. The third-order valence-corrected chi connectivity index (χ3v) is 6.11. The molecule has 0 aromatic rings. The van der Waals surface area contributed by atoms with Crippen molar-refractivity contribution in [3.05, 3.63) is 0 Å². The monoisotopic (exact) mass is 300 g/mol. The Hall–Kier alpha value is -0.150. The largest absolute Gasteiger partial charge is 0.252 e. The topological polar surface area (TPSA) is 29.5 Å². The fraction of sp³-hybridized carbons (Fsp3) is 1.00. The molecule has 0 aromatic carbocycles. The van der Waals surface area contributed by atoms with Crippen LogP contribution in [-0.2, 0) is 4.89 Å². The molecule has 4 unspecified atom stereocenters. The number of alkyl halides is 1. The van der Waals surface area contributed by atoms with Crippen LogP contribution in [0.25, 0.3) is 0 Å². The Labute approximate surface area is 129 Å². The van der Waals surface area contributed by atoms with Gasteiger partial charge in [0.1, 0.15) is 12.3 Å². The molecule has 0 aliphatic heterocycles. The molecule has 0 aromatic heterocycles. The molecular weight excluding hydrogens is 267 g/mol. The van der Waals surface area contributed by atoms with Crippen LogP contribution >= 0.6 is 0 Å².